The van der Waals surface area contributed by atoms with Crippen LogP contribution in [-0.2, 0) is 6.61 Å². The molecular formula is C13H11NO5S. The Morgan fingerprint density at radius 2 is 2.15 bits per heavy atom. The standard InChI is InChI=1S/C13H11NO5S/c1-18-12-4-9(6-15)2-3-11(12)19-7-10-5-13(14(16)17)20-8-10/h2-6,8H,7H2,1H3. The molecule has 0 saturated carbocycles. The molecule has 20 heavy (non-hydrogen) atoms. The van der Waals surface area contributed by atoms with Crippen molar-refractivity contribution >= 4 is 22.6 Å². The van der Waals surface area contributed by atoms with E-state index in [0.29, 0.717) is 28.9 Å². The van der Waals surface area contributed by atoms with Gasteiger partial charge in [0.15, 0.2) is 11.5 Å². The molecule has 104 valence electrons. The minimum Gasteiger partial charge on any atom is -0.493 e. The topological polar surface area (TPSA) is 78.7 Å². The lowest BCUT2D eigenvalue weighted by Gasteiger charge is -2.10. The highest BCUT2D eigenvalue weighted by Gasteiger charge is 2.11. The molecule has 0 aliphatic carbocycles. The second kappa shape index (κ2) is 6.16. The molecule has 0 spiro atoms. The Hall–Kier alpha value is -2.41. The van der Waals surface area contributed by atoms with Crippen LogP contribution in [0.3, 0.4) is 0 Å². The molecule has 2 aromatic rings. The van der Waals surface area contributed by atoms with Crippen LogP contribution in [0, 0.1) is 10.1 Å². The summed E-state index contributed by atoms with van der Waals surface area (Å²) >= 11 is 1.05. The Morgan fingerprint density at radius 1 is 1.35 bits per heavy atom. The molecule has 0 aliphatic rings. The van der Waals surface area contributed by atoms with Crippen molar-refractivity contribution < 1.29 is 19.2 Å². The van der Waals surface area contributed by atoms with E-state index in [9.17, 15) is 14.9 Å². The van der Waals surface area contributed by atoms with Crippen LogP contribution in [0.25, 0.3) is 0 Å². The van der Waals surface area contributed by atoms with Gasteiger partial charge in [-0.2, -0.15) is 0 Å². The molecule has 1 aromatic heterocycles. The smallest absolute Gasteiger partial charge is 0.324 e. The van der Waals surface area contributed by atoms with Crippen molar-refractivity contribution in [3.05, 3.63) is 50.9 Å². The first kappa shape index (κ1) is 14.0. The summed E-state index contributed by atoms with van der Waals surface area (Å²) in [5.41, 5.74) is 1.20. The number of benzene rings is 1. The number of rotatable bonds is 6. The highest BCUT2D eigenvalue weighted by atomic mass is 32.1. The number of nitro groups is 1. The maximum absolute atomic E-state index is 10.7. The van der Waals surface area contributed by atoms with Crippen molar-refractivity contribution in [2.24, 2.45) is 0 Å². The molecule has 0 N–H and O–H groups in total. The molecular weight excluding hydrogens is 282 g/mol. The van der Waals surface area contributed by atoms with E-state index in [1.165, 1.54) is 13.2 Å². The summed E-state index contributed by atoms with van der Waals surface area (Å²) < 4.78 is 10.7. The minimum absolute atomic E-state index is 0.0758. The number of thiophene rings is 1. The number of hydrogen-bond donors (Lipinski definition) is 0. The van der Waals surface area contributed by atoms with Gasteiger partial charge in [0.25, 0.3) is 0 Å². The van der Waals surface area contributed by atoms with Gasteiger partial charge in [0.1, 0.15) is 12.9 Å². The summed E-state index contributed by atoms with van der Waals surface area (Å²) in [4.78, 5) is 20.8. The normalized spacial score (nSPS) is 10.1. The summed E-state index contributed by atoms with van der Waals surface area (Å²) in [6, 6.07) is 6.28. The maximum atomic E-state index is 10.7. The number of hydrogen-bond acceptors (Lipinski definition) is 6. The van der Waals surface area contributed by atoms with Gasteiger partial charge in [-0.15, -0.1) is 0 Å². The number of nitrogens with zero attached hydrogens (tertiary/aromatic N) is 1. The van der Waals surface area contributed by atoms with E-state index in [0.717, 1.165) is 11.3 Å². The summed E-state index contributed by atoms with van der Waals surface area (Å²) in [7, 11) is 1.48. The van der Waals surface area contributed by atoms with Crippen molar-refractivity contribution in [1.29, 1.82) is 0 Å². The van der Waals surface area contributed by atoms with Crippen molar-refractivity contribution in [2.75, 3.05) is 7.11 Å². The molecule has 6 nitrogen and oxygen atoms in total. The zero-order chi connectivity index (χ0) is 14.5. The second-order valence-corrected chi connectivity index (χ2v) is 4.76. The van der Waals surface area contributed by atoms with E-state index in [1.54, 1.807) is 23.6 Å². The van der Waals surface area contributed by atoms with Gasteiger partial charge >= 0.3 is 5.00 Å². The van der Waals surface area contributed by atoms with E-state index in [4.69, 9.17) is 9.47 Å². The van der Waals surface area contributed by atoms with E-state index in [1.807, 2.05) is 0 Å². The van der Waals surface area contributed by atoms with Crippen LogP contribution in [-0.4, -0.2) is 18.3 Å². The fourth-order valence-electron chi connectivity index (χ4n) is 1.57. The average molecular weight is 293 g/mol. The second-order valence-electron chi connectivity index (χ2n) is 3.87. The zero-order valence-electron chi connectivity index (χ0n) is 10.6. The molecule has 1 heterocycles. The first-order valence-corrected chi connectivity index (χ1v) is 6.50. The third-order valence-electron chi connectivity index (χ3n) is 2.54. The largest absolute Gasteiger partial charge is 0.493 e. The molecule has 0 amide bonds. The highest BCUT2D eigenvalue weighted by Crippen LogP contribution is 2.29. The number of carbonyl (C=O) groups is 1. The predicted octanol–water partition coefficient (Wildman–Crippen LogP) is 3.06. The van der Waals surface area contributed by atoms with Crippen LogP contribution in [0.1, 0.15) is 15.9 Å². The Morgan fingerprint density at radius 3 is 2.75 bits per heavy atom. The molecule has 7 heteroatoms. The van der Waals surface area contributed by atoms with Gasteiger partial charge in [-0.05, 0) is 18.2 Å². The maximum Gasteiger partial charge on any atom is 0.324 e. The number of methoxy groups -OCH3 is 1. The first-order chi connectivity index (χ1) is 9.63. The van der Waals surface area contributed by atoms with Gasteiger partial charge in [0, 0.05) is 22.6 Å². The first-order valence-electron chi connectivity index (χ1n) is 5.62. The van der Waals surface area contributed by atoms with Gasteiger partial charge in [-0.25, -0.2) is 0 Å². The summed E-state index contributed by atoms with van der Waals surface area (Å²) in [5, 5.41) is 12.3. The lowest BCUT2D eigenvalue weighted by molar-refractivity contribution is -0.380. The lowest BCUT2D eigenvalue weighted by Crippen LogP contribution is -1.97. The van der Waals surface area contributed by atoms with Crippen LogP contribution in [0.2, 0.25) is 0 Å². The summed E-state index contributed by atoms with van der Waals surface area (Å²) in [6.45, 7) is 0.196. The van der Waals surface area contributed by atoms with E-state index < -0.39 is 4.92 Å². The zero-order valence-corrected chi connectivity index (χ0v) is 11.4. The minimum atomic E-state index is -0.437. The molecule has 1 aromatic carbocycles. The van der Waals surface area contributed by atoms with Crippen LogP contribution in [0.15, 0.2) is 29.6 Å². The molecule has 0 bridgehead atoms. The quantitative estimate of drug-likeness (QED) is 0.464. The number of aldehydes is 1. The molecule has 0 fully saturated rings. The molecule has 0 unspecified atom stereocenters. The molecule has 0 aliphatic heterocycles. The van der Waals surface area contributed by atoms with Crippen molar-refractivity contribution in [3.63, 3.8) is 0 Å². The van der Waals surface area contributed by atoms with Crippen molar-refractivity contribution in [2.45, 2.75) is 6.61 Å². The van der Waals surface area contributed by atoms with Crippen molar-refractivity contribution in [3.8, 4) is 11.5 Å². The fraction of sp³-hybridized carbons (Fsp3) is 0.154. The number of ether oxygens (including phenoxy) is 2. The Balaban J connectivity index is 2.09. The van der Waals surface area contributed by atoms with Gasteiger partial charge < -0.3 is 9.47 Å². The van der Waals surface area contributed by atoms with Gasteiger partial charge in [-0.1, -0.05) is 11.3 Å². The van der Waals surface area contributed by atoms with Gasteiger partial charge in [-0.3, -0.25) is 14.9 Å². The van der Waals surface area contributed by atoms with Crippen LogP contribution >= 0.6 is 11.3 Å². The SMILES string of the molecule is COc1cc(C=O)ccc1OCc1csc([N+](=O)[O-])c1. The Kier molecular flexibility index (Phi) is 4.31. The third-order valence-corrected chi connectivity index (χ3v) is 3.47. The lowest BCUT2D eigenvalue weighted by atomic mass is 10.2. The summed E-state index contributed by atoms with van der Waals surface area (Å²) in [6.07, 6.45) is 0.717. The van der Waals surface area contributed by atoms with Crippen LogP contribution in [0.4, 0.5) is 5.00 Å². The Labute approximate surface area is 118 Å². The number of carbonyl (C=O) groups excluding carboxylic acids is 1. The monoisotopic (exact) mass is 293 g/mol. The average Bonchev–Trinajstić information content (AvgIpc) is 2.94. The highest BCUT2D eigenvalue weighted by molar-refractivity contribution is 7.13. The van der Waals surface area contributed by atoms with Crippen molar-refractivity contribution in [1.82, 2.24) is 0 Å². The van der Waals surface area contributed by atoms with Crippen LogP contribution < -0.4 is 9.47 Å². The molecule has 0 atom stereocenters. The van der Waals surface area contributed by atoms with E-state index in [-0.39, 0.29) is 11.6 Å². The van der Waals surface area contributed by atoms with Crippen LogP contribution in [0.5, 0.6) is 11.5 Å². The van der Waals surface area contributed by atoms with Gasteiger partial charge in [0.05, 0.1) is 12.0 Å². The third kappa shape index (κ3) is 3.12. The molecule has 2 rings (SSSR count). The van der Waals surface area contributed by atoms with E-state index in [2.05, 4.69) is 0 Å². The molecule has 0 radical (unpaired) electrons. The Bertz CT molecular complexity index is 637. The van der Waals surface area contributed by atoms with E-state index >= 15 is 0 Å². The summed E-state index contributed by atoms with van der Waals surface area (Å²) in [5.74, 6) is 0.922. The van der Waals surface area contributed by atoms with Gasteiger partial charge in [0.2, 0.25) is 0 Å². The predicted molar refractivity (Wildman–Crippen MR) is 73.7 cm³/mol. The fourth-order valence-corrected chi connectivity index (χ4v) is 2.29. The molecule has 0 saturated heterocycles.